The molecule has 9 nitrogen and oxygen atoms in total. The summed E-state index contributed by atoms with van der Waals surface area (Å²) in [5.41, 5.74) is 8.27. The number of methoxy groups -OCH3 is 1. The molecule has 1 aliphatic rings. The Kier molecular flexibility index (Phi) is 6.22. The molecule has 180 valence electrons. The SMILES string of the molecule is COc1cc2c(N)nccc2cc1CNC(=O)c1cn(Cc2ccc(N3CCCC3)nc2)c(C)n1. The molecular formula is C26H29N7O2. The minimum Gasteiger partial charge on any atom is -0.496 e. The number of hydrogen-bond acceptors (Lipinski definition) is 7. The molecule has 1 aromatic carbocycles. The monoisotopic (exact) mass is 471 g/mol. The van der Waals surface area contributed by atoms with Crippen LogP contribution in [0.1, 0.15) is 40.3 Å². The number of anilines is 2. The van der Waals surface area contributed by atoms with Crippen molar-refractivity contribution in [2.24, 2.45) is 0 Å². The summed E-state index contributed by atoms with van der Waals surface area (Å²) in [5.74, 6) is 2.63. The van der Waals surface area contributed by atoms with E-state index in [1.54, 1.807) is 19.5 Å². The fourth-order valence-corrected chi connectivity index (χ4v) is 4.48. The molecule has 0 spiro atoms. The van der Waals surface area contributed by atoms with E-state index in [0.717, 1.165) is 46.6 Å². The Bertz CT molecular complexity index is 1360. The zero-order valence-corrected chi connectivity index (χ0v) is 20.0. The summed E-state index contributed by atoms with van der Waals surface area (Å²) in [7, 11) is 1.59. The van der Waals surface area contributed by atoms with E-state index in [1.165, 1.54) is 12.8 Å². The first-order valence-corrected chi connectivity index (χ1v) is 11.7. The Labute approximate surface area is 204 Å². The molecule has 3 aromatic heterocycles. The van der Waals surface area contributed by atoms with Crippen LogP contribution in [-0.2, 0) is 13.1 Å². The number of nitrogens with zero attached hydrogens (tertiary/aromatic N) is 5. The standard InChI is InChI=1S/C26H29N7O2/c1-17-31-22(16-33(17)15-18-5-6-24(29-13-18)32-9-3-4-10-32)26(34)30-14-20-11-19-7-8-28-25(27)21(19)12-23(20)35-2/h5-8,11-13,16H,3-4,9-10,14-15H2,1-2H3,(H2,27,28)(H,30,34). The Balaban J connectivity index is 1.26. The Morgan fingerprint density at radius 2 is 2.00 bits per heavy atom. The Morgan fingerprint density at radius 1 is 1.17 bits per heavy atom. The van der Waals surface area contributed by atoms with E-state index in [9.17, 15) is 4.79 Å². The summed E-state index contributed by atoms with van der Waals surface area (Å²) in [5, 5.41) is 4.71. The number of benzene rings is 1. The predicted molar refractivity (Wildman–Crippen MR) is 136 cm³/mol. The maximum atomic E-state index is 12.9. The normalized spacial score (nSPS) is 13.4. The first kappa shape index (κ1) is 22.6. The number of aryl methyl sites for hydroxylation is 1. The number of imidazole rings is 1. The van der Waals surface area contributed by atoms with Crippen LogP contribution in [0, 0.1) is 6.92 Å². The van der Waals surface area contributed by atoms with Gasteiger partial charge in [-0.15, -0.1) is 0 Å². The molecule has 0 bridgehead atoms. The summed E-state index contributed by atoms with van der Waals surface area (Å²) in [6, 6.07) is 9.85. The minimum absolute atomic E-state index is 0.245. The van der Waals surface area contributed by atoms with Crippen LogP contribution in [0.2, 0.25) is 0 Å². The maximum Gasteiger partial charge on any atom is 0.271 e. The van der Waals surface area contributed by atoms with E-state index < -0.39 is 0 Å². The van der Waals surface area contributed by atoms with Gasteiger partial charge in [-0.1, -0.05) is 6.07 Å². The second-order valence-electron chi connectivity index (χ2n) is 8.78. The van der Waals surface area contributed by atoms with Gasteiger partial charge in [0, 0.05) is 49.2 Å². The second-order valence-corrected chi connectivity index (χ2v) is 8.78. The van der Waals surface area contributed by atoms with E-state index in [-0.39, 0.29) is 5.91 Å². The van der Waals surface area contributed by atoms with Crippen LogP contribution in [0.25, 0.3) is 10.8 Å². The molecular weight excluding hydrogens is 442 g/mol. The molecule has 3 N–H and O–H groups in total. The first-order valence-electron chi connectivity index (χ1n) is 11.7. The van der Waals surface area contributed by atoms with Gasteiger partial charge >= 0.3 is 0 Å². The van der Waals surface area contributed by atoms with Gasteiger partial charge in [-0.2, -0.15) is 0 Å². The van der Waals surface area contributed by atoms with E-state index >= 15 is 0 Å². The maximum absolute atomic E-state index is 12.9. The molecule has 4 aromatic rings. The van der Waals surface area contributed by atoms with Gasteiger partial charge in [-0.05, 0) is 55.0 Å². The second kappa shape index (κ2) is 9.61. The number of nitrogens with one attached hydrogen (secondary N) is 1. The lowest BCUT2D eigenvalue weighted by atomic mass is 10.1. The van der Waals surface area contributed by atoms with Gasteiger partial charge in [0.05, 0.1) is 13.7 Å². The zero-order valence-electron chi connectivity index (χ0n) is 20.0. The molecule has 1 saturated heterocycles. The summed E-state index contributed by atoms with van der Waals surface area (Å²) < 4.78 is 7.48. The van der Waals surface area contributed by atoms with Gasteiger partial charge in [-0.3, -0.25) is 4.79 Å². The van der Waals surface area contributed by atoms with Crippen molar-refractivity contribution in [1.29, 1.82) is 0 Å². The summed E-state index contributed by atoms with van der Waals surface area (Å²) in [6.45, 7) is 4.94. The lowest BCUT2D eigenvalue weighted by molar-refractivity contribution is 0.0946. The number of pyridine rings is 2. The van der Waals surface area contributed by atoms with Crippen LogP contribution < -0.4 is 20.7 Å². The highest BCUT2D eigenvalue weighted by Gasteiger charge is 2.16. The van der Waals surface area contributed by atoms with Gasteiger partial charge < -0.3 is 25.3 Å². The van der Waals surface area contributed by atoms with Crippen molar-refractivity contribution in [3.8, 4) is 5.75 Å². The molecule has 1 fully saturated rings. The van der Waals surface area contributed by atoms with E-state index in [2.05, 4.69) is 37.3 Å². The first-order chi connectivity index (χ1) is 17.0. The number of hydrogen-bond donors (Lipinski definition) is 2. The Morgan fingerprint density at radius 3 is 2.74 bits per heavy atom. The molecule has 0 saturated carbocycles. The molecule has 35 heavy (non-hydrogen) atoms. The van der Waals surface area contributed by atoms with Crippen molar-refractivity contribution in [2.75, 3.05) is 30.8 Å². The van der Waals surface area contributed by atoms with Crippen LogP contribution in [0.3, 0.4) is 0 Å². The number of amides is 1. The topological polar surface area (TPSA) is 111 Å². The van der Waals surface area contributed by atoms with Crippen molar-refractivity contribution >= 4 is 28.3 Å². The molecule has 0 unspecified atom stereocenters. The zero-order chi connectivity index (χ0) is 24.4. The van der Waals surface area contributed by atoms with Gasteiger partial charge in [0.2, 0.25) is 0 Å². The van der Waals surface area contributed by atoms with Crippen LogP contribution >= 0.6 is 0 Å². The summed E-state index contributed by atoms with van der Waals surface area (Å²) in [6.07, 6.45) is 7.80. The van der Waals surface area contributed by atoms with Crippen molar-refractivity contribution in [2.45, 2.75) is 32.9 Å². The van der Waals surface area contributed by atoms with Crippen molar-refractivity contribution < 1.29 is 9.53 Å². The van der Waals surface area contributed by atoms with Gasteiger partial charge in [0.1, 0.15) is 28.9 Å². The molecule has 1 aliphatic heterocycles. The molecule has 0 atom stereocenters. The van der Waals surface area contributed by atoms with Gasteiger partial charge in [0.25, 0.3) is 5.91 Å². The lowest BCUT2D eigenvalue weighted by Gasteiger charge is -2.16. The number of nitrogen functional groups attached to an aromatic ring is 1. The molecule has 1 amide bonds. The van der Waals surface area contributed by atoms with Crippen LogP contribution in [0.15, 0.2) is 48.9 Å². The smallest absolute Gasteiger partial charge is 0.271 e. The lowest BCUT2D eigenvalue weighted by Crippen LogP contribution is -2.23. The largest absolute Gasteiger partial charge is 0.496 e. The van der Waals surface area contributed by atoms with E-state index in [0.29, 0.717) is 30.4 Å². The highest BCUT2D eigenvalue weighted by atomic mass is 16.5. The Hall–Kier alpha value is -4.14. The average molecular weight is 472 g/mol. The molecule has 0 aliphatic carbocycles. The molecule has 5 rings (SSSR count). The van der Waals surface area contributed by atoms with E-state index in [4.69, 9.17) is 10.5 Å². The van der Waals surface area contributed by atoms with Crippen LogP contribution in [0.5, 0.6) is 5.75 Å². The number of aromatic nitrogens is 4. The van der Waals surface area contributed by atoms with Gasteiger partial charge in [0.15, 0.2) is 0 Å². The third kappa shape index (κ3) is 4.75. The fourth-order valence-electron chi connectivity index (χ4n) is 4.48. The number of carbonyl (C=O) groups is 1. The average Bonchev–Trinajstić information content (AvgIpc) is 3.53. The summed E-state index contributed by atoms with van der Waals surface area (Å²) in [4.78, 5) is 28.4. The number of carbonyl (C=O) groups excluding carboxylic acids is 1. The van der Waals surface area contributed by atoms with E-state index in [1.807, 2.05) is 35.9 Å². The van der Waals surface area contributed by atoms with Crippen LogP contribution in [-0.4, -0.2) is 45.6 Å². The van der Waals surface area contributed by atoms with Crippen molar-refractivity contribution in [1.82, 2.24) is 24.8 Å². The van der Waals surface area contributed by atoms with Crippen molar-refractivity contribution in [3.05, 3.63) is 71.6 Å². The highest BCUT2D eigenvalue weighted by Crippen LogP contribution is 2.28. The predicted octanol–water partition coefficient (Wildman–Crippen LogP) is 3.30. The van der Waals surface area contributed by atoms with Crippen molar-refractivity contribution in [3.63, 3.8) is 0 Å². The molecule has 9 heteroatoms. The van der Waals surface area contributed by atoms with Gasteiger partial charge in [-0.25, -0.2) is 15.0 Å². The quantitative estimate of drug-likeness (QED) is 0.425. The number of nitrogens with two attached hydrogens (primary N) is 1. The van der Waals surface area contributed by atoms with Crippen LogP contribution in [0.4, 0.5) is 11.6 Å². The number of rotatable bonds is 7. The summed E-state index contributed by atoms with van der Waals surface area (Å²) >= 11 is 0. The number of ether oxygens (including phenoxy) is 1. The molecule has 0 radical (unpaired) electrons. The highest BCUT2D eigenvalue weighted by molar-refractivity contribution is 5.94. The third-order valence-electron chi connectivity index (χ3n) is 6.44. The fraction of sp³-hybridized carbons (Fsp3) is 0.308. The third-order valence-corrected chi connectivity index (χ3v) is 6.44. The number of fused-ring (bicyclic) bond motifs is 1. The molecule has 4 heterocycles. The minimum atomic E-state index is -0.245.